The zero-order valence-corrected chi connectivity index (χ0v) is 18.8. The van der Waals surface area contributed by atoms with Crippen LogP contribution in [-0.2, 0) is 17.8 Å². The van der Waals surface area contributed by atoms with Crippen molar-refractivity contribution in [3.05, 3.63) is 41.5 Å². The Morgan fingerprint density at radius 3 is 2.62 bits per heavy atom. The second-order valence-corrected chi connectivity index (χ2v) is 9.50. The number of amides is 2. The largest absolute Gasteiger partial charge is 0.328 e. The summed E-state index contributed by atoms with van der Waals surface area (Å²) in [6.07, 6.45) is 11.8. The molecule has 1 saturated carbocycles. The van der Waals surface area contributed by atoms with E-state index in [4.69, 9.17) is 0 Å². The average molecular weight is 436 g/mol. The lowest BCUT2D eigenvalue weighted by Crippen LogP contribution is -2.32. The van der Waals surface area contributed by atoms with Gasteiger partial charge in [0.25, 0.3) is 5.91 Å². The van der Waals surface area contributed by atoms with E-state index in [1.54, 1.807) is 0 Å². The molecule has 1 aliphatic carbocycles. The van der Waals surface area contributed by atoms with Crippen LogP contribution < -0.4 is 5.32 Å². The first kappa shape index (κ1) is 21.2. The number of carbonyl (C=O) groups is 2. The number of carbonyl (C=O) groups excluding carboxylic acids is 2. The number of hydrogen-bond acceptors (Lipinski definition) is 4. The fourth-order valence-corrected chi connectivity index (χ4v) is 5.54. The first-order valence-electron chi connectivity index (χ1n) is 12.3. The Balaban J connectivity index is 1.32. The van der Waals surface area contributed by atoms with Crippen molar-refractivity contribution in [2.75, 3.05) is 11.9 Å². The zero-order valence-electron chi connectivity index (χ0n) is 18.8. The number of benzene rings is 1. The molecular weight excluding hydrogens is 402 g/mol. The smallest absolute Gasteiger partial charge is 0.254 e. The molecule has 2 aromatic rings. The molecule has 1 N–H and O–H groups in total. The molecule has 0 bridgehead atoms. The fraction of sp³-hybridized carbons (Fsp3) is 0.600. The second kappa shape index (κ2) is 9.43. The van der Waals surface area contributed by atoms with Gasteiger partial charge in [0.2, 0.25) is 5.91 Å². The lowest BCUT2D eigenvalue weighted by molar-refractivity contribution is -0.120. The van der Waals surface area contributed by atoms with Gasteiger partial charge in [-0.25, -0.2) is 0 Å². The van der Waals surface area contributed by atoms with Gasteiger partial charge < -0.3 is 14.8 Å². The summed E-state index contributed by atoms with van der Waals surface area (Å²) in [5.41, 5.74) is 1.33. The molecule has 0 spiro atoms. The molecule has 3 heterocycles. The van der Waals surface area contributed by atoms with Gasteiger partial charge >= 0.3 is 0 Å². The van der Waals surface area contributed by atoms with Crippen molar-refractivity contribution in [3.63, 3.8) is 0 Å². The van der Waals surface area contributed by atoms with Gasteiger partial charge in [0.05, 0.1) is 6.04 Å². The first-order valence-corrected chi connectivity index (χ1v) is 12.3. The Kier molecular flexibility index (Phi) is 6.23. The SMILES string of the molecule is O=C(Nc1cccc(C(=O)N2CCCC2c2nnc3n2CCCCC3)c1)C1CCCCC1. The summed E-state index contributed by atoms with van der Waals surface area (Å²) in [7, 11) is 0. The number of fused-ring (bicyclic) bond motifs is 1. The van der Waals surface area contributed by atoms with Crippen LogP contribution in [0.25, 0.3) is 0 Å². The van der Waals surface area contributed by atoms with Gasteiger partial charge in [-0.3, -0.25) is 9.59 Å². The van der Waals surface area contributed by atoms with Crippen molar-refractivity contribution in [1.29, 1.82) is 0 Å². The minimum Gasteiger partial charge on any atom is -0.328 e. The Morgan fingerprint density at radius 1 is 0.906 bits per heavy atom. The molecule has 1 saturated heterocycles. The minimum atomic E-state index is -0.0256. The molecule has 0 radical (unpaired) electrons. The Bertz CT molecular complexity index is 978. The van der Waals surface area contributed by atoms with Crippen LogP contribution in [-0.4, -0.2) is 38.0 Å². The monoisotopic (exact) mass is 435 g/mol. The van der Waals surface area contributed by atoms with E-state index >= 15 is 0 Å². The molecule has 1 aromatic carbocycles. The second-order valence-electron chi connectivity index (χ2n) is 9.50. The number of aryl methyl sites for hydroxylation is 1. The first-order chi connectivity index (χ1) is 15.7. The standard InChI is InChI=1S/C25H33N5O2/c31-24(18-9-3-1-4-10-18)26-20-12-7-11-19(17-20)25(32)29-16-8-13-21(29)23-28-27-22-14-5-2-6-15-30(22)23/h7,11-12,17-18,21H,1-6,8-10,13-16H2,(H,26,31). The van der Waals surface area contributed by atoms with Gasteiger partial charge in [0, 0.05) is 36.7 Å². The van der Waals surface area contributed by atoms with E-state index in [0.29, 0.717) is 11.3 Å². The van der Waals surface area contributed by atoms with Crippen LogP contribution in [0.15, 0.2) is 24.3 Å². The van der Waals surface area contributed by atoms with Gasteiger partial charge in [-0.15, -0.1) is 10.2 Å². The summed E-state index contributed by atoms with van der Waals surface area (Å²) in [4.78, 5) is 28.1. The van der Waals surface area contributed by atoms with Crippen LogP contribution in [0.2, 0.25) is 0 Å². The number of hydrogen-bond donors (Lipinski definition) is 1. The van der Waals surface area contributed by atoms with Crippen molar-refractivity contribution in [3.8, 4) is 0 Å². The summed E-state index contributed by atoms with van der Waals surface area (Å²) >= 11 is 0. The van der Waals surface area contributed by atoms with Gasteiger partial charge in [0.15, 0.2) is 5.82 Å². The van der Waals surface area contributed by atoms with Crippen LogP contribution in [0.4, 0.5) is 5.69 Å². The maximum atomic E-state index is 13.5. The molecule has 2 fully saturated rings. The van der Waals surface area contributed by atoms with Gasteiger partial charge in [-0.2, -0.15) is 0 Å². The average Bonchev–Trinajstić information content (AvgIpc) is 3.40. The summed E-state index contributed by atoms with van der Waals surface area (Å²) in [5.74, 6) is 2.18. The maximum Gasteiger partial charge on any atom is 0.254 e. The molecule has 3 aliphatic rings. The number of anilines is 1. The highest BCUT2D eigenvalue weighted by Gasteiger charge is 2.35. The lowest BCUT2D eigenvalue weighted by Gasteiger charge is -2.25. The number of aromatic nitrogens is 3. The number of likely N-dealkylation sites (tertiary alicyclic amines) is 1. The molecule has 1 unspecified atom stereocenters. The van der Waals surface area contributed by atoms with E-state index in [2.05, 4.69) is 20.1 Å². The van der Waals surface area contributed by atoms with E-state index in [-0.39, 0.29) is 23.8 Å². The number of rotatable bonds is 4. The normalized spacial score (nSPS) is 21.8. The van der Waals surface area contributed by atoms with E-state index in [1.165, 1.54) is 12.8 Å². The summed E-state index contributed by atoms with van der Waals surface area (Å²) in [6.45, 7) is 1.67. The maximum absolute atomic E-state index is 13.5. The number of nitrogens with zero attached hydrogens (tertiary/aromatic N) is 4. The fourth-order valence-electron chi connectivity index (χ4n) is 5.54. The van der Waals surface area contributed by atoms with Gasteiger partial charge in [-0.05, 0) is 56.7 Å². The van der Waals surface area contributed by atoms with Gasteiger partial charge in [0.1, 0.15) is 5.82 Å². The highest BCUT2D eigenvalue weighted by Crippen LogP contribution is 2.34. The molecule has 7 nitrogen and oxygen atoms in total. The van der Waals surface area contributed by atoms with E-state index in [1.807, 2.05) is 29.2 Å². The molecule has 2 amide bonds. The lowest BCUT2D eigenvalue weighted by atomic mass is 9.88. The number of nitrogens with one attached hydrogen (secondary N) is 1. The minimum absolute atomic E-state index is 0.00670. The van der Waals surface area contributed by atoms with Gasteiger partial charge in [-0.1, -0.05) is 31.7 Å². The highest BCUT2D eigenvalue weighted by molar-refractivity contribution is 5.98. The molecule has 1 atom stereocenters. The van der Waals surface area contributed by atoms with Crippen LogP contribution in [0, 0.1) is 5.92 Å². The van der Waals surface area contributed by atoms with E-state index in [0.717, 1.165) is 82.5 Å². The van der Waals surface area contributed by atoms with Crippen molar-refractivity contribution >= 4 is 17.5 Å². The third kappa shape index (κ3) is 4.30. The van der Waals surface area contributed by atoms with E-state index in [9.17, 15) is 9.59 Å². The molecule has 7 heteroatoms. The molecular formula is C25H33N5O2. The molecule has 170 valence electrons. The van der Waals surface area contributed by atoms with Crippen molar-refractivity contribution in [1.82, 2.24) is 19.7 Å². The molecule has 5 rings (SSSR count). The third-order valence-electron chi connectivity index (χ3n) is 7.30. The Morgan fingerprint density at radius 2 is 1.75 bits per heavy atom. The molecule has 2 aliphatic heterocycles. The van der Waals surface area contributed by atoms with Crippen LogP contribution in [0.3, 0.4) is 0 Å². The van der Waals surface area contributed by atoms with E-state index < -0.39 is 0 Å². The van der Waals surface area contributed by atoms with Crippen LogP contribution >= 0.6 is 0 Å². The topological polar surface area (TPSA) is 80.1 Å². The zero-order chi connectivity index (χ0) is 21.9. The predicted molar refractivity (Wildman–Crippen MR) is 122 cm³/mol. The highest BCUT2D eigenvalue weighted by atomic mass is 16.2. The van der Waals surface area contributed by atoms with Crippen LogP contribution in [0.5, 0.6) is 0 Å². The quantitative estimate of drug-likeness (QED) is 0.767. The molecule has 32 heavy (non-hydrogen) atoms. The summed E-state index contributed by atoms with van der Waals surface area (Å²) in [6, 6.07) is 7.37. The Labute approximate surface area is 189 Å². The van der Waals surface area contributed by atoms with Crippen LogP contribution in [0.1, 0.15) is 92.3 Å². The third-order valence-corrected chi connectivity index (χ3v) is 7.30. The van der Waals surface area contributed by atoms with Crippen molar-refractivity contribution in [2.45, 2.75) is 83.2 Å². The summed E-state index contributed by atoms with van der Waals surface area (Å²) in [5, 5.41) is 12.0. The Hall–Kier alpha value is -2.70. The molecule has 1 aromatic heterocycles. The summed E-state index contributed by atoms with van der Waals surface area (Å²) < 4.78 is 2.25. The van der Waals surface area contributed by atoms with Crippen molar-refractivity contribution < 1.29 is 9.59 Å². The van der Waals surface area contributed by atoms with Crippen molar-refractivity contribution in [2.24, 2.45) is 5.92 Å². The predicted octanol–water partition coefficient (Wildman–Crippen LogP) is 4.50.